The Bertz CT molecular complexity index is 331. The number of hydrogen-bond donors (Lipinski definition) is 2. The second kappa shape index (κ2) is 6.21. The molecule has 1 rings (SSSR count). The van der Waals surface area contributed by atoms with Crippen LogP contribution in [-0.4, -0.2) is 30.6 Å². The van der Waals surface area contributed by atoms with E-state index in [2.05, 4.69) is 5.32 Å². The van der Waals surface area contributed by atoms with Crippen LogP contribution in [-0.2, 0) is 14.3 Å². The lowest BCUT2D eigenvalue weighted by atomic mass is 10.0. The fourth-order valence-corrected chi connectivity index (χ4v) is 1.70. The molecule has 94 valence electrons. The maximum atomic E-state index is 11.7. The molecule has 1 aliphatic heterocycles. The quantitative estimate of drug-likeness (QED) is 0.686. The lowest BCUT2D eigenvalue weighted by Gasteiger charge is -2.18. The van der Waals surface area contributed by atoms with Crippen LogP contribution in [0.3, 0.4) is 0 Å². The van der Waals surface area contributed by atoms with Crippen LogP contribution in [0.2, 0.25) is 0 Å². The molecule has 0 unspecified atom stereocenters. The van der Waals surface area contributed by atoms with Crippen LogP contribution in [0.1, 0.15) is 26.2 Å². The SMILES string of the molecule is C[C@@H](C#N)C[C@@H](NC(=O)[C@H]1CCCO1)C(N)=O. The minimum atomic E-state index is -0.804. The minimum Gasteiger partial charge on any atom is -0.368 e. The Balaban J connectivity index is 2.51. The molecule has 0 aromatic heterocycles. The summed E-state index contributed by atoms with van der Waals surface area (Å²) in [4.78, 5) is 22.9. The lowest BCUT2D eigenvalue weighted by molar-refractivity contribution is -0.134. The molecule has 0 bridgehead atoms. The summed E-state index contributed by atoms with van der Waals surface area (Å²) in [5.41, 5.74) is 5.18. The number of nitrogens with two attached hydrogens (primary N) is 1. The topological polar surface area (TPSA) is 105 Å². The summed E-state index contributed by atoms with van der Waals surface area (Å²) >= 11 is 0. The largest absolute Gasteiger partial charge is 0.368 e. The molecular formula is C11H17N3O3. The van der Waals surface area contributed by atoms with Crippen molar-refractivity contribution in [2.45, 2.75) is 38.3 Å². The van der Waals surface area contributed by atoms with Crippen LogP contribution < -0.4 is 11.1 Å². The van der Waals surface area contributed by atoms with Gasteiger partial charge in [0.2, 0.25) is 11.8 Å². The molecule has 3 N–H and O–H groups in total. The summed E-state index contributed by atoms with van der Waals surface area (Å²) in [7, 11) is 0. The van der Waals surface area contributed by atoms with E-state index < -0.39 is 18.1 Å². The van der Waals surface area contributed by atoms with E-state index in [1.54, 1.807) is 6.92 Å². The lowest BCUT2D eigenvalue weighted by Crippen LogP contribution is -2.48. The molecule has 1 heterocycles. The van der Waals surface area contributed by atoms with E-state index in [4.69, 9.17) is 15.7 Å². The Kier molecular flexibility index (Phi) is 4.91. The van der Waals surface area contributed by atoms with Gasteiger partial charge < -0.3 is 15.8 Å². The van der Waals surface area contributed by atoms with Gasteiger partial charge in [-0.3, -0.25) is 9.59 Å². The third kappa shape index (κ3) is 4.04. The number of amides is 2. The van der Waals surface area contributed by atoms with E-state index in [0.29, 0.717) is 13.0 Å². The second-order valence-corrected chi connectivity index (χ2v) is 4.23. The van der Waals surface area contributed by atoms with Gasteiger partial charge in [-0.15, -0.1) is 0 Å². The number of nitriles is 1. The first-order chi connectivity index (χ1) is 8.04. The summed E-state index contributed by atoms with van der Waals surface area (Å²) in [5, 5.41) is 11.2. The highest BCUT2D eigenvalue weighted by Crippen LogP contribution is 2.13. The Morgan fingerprint density at radius 1 is 1.65 bits per heavy atom. The van der Waals surface area contributed by atoms with Crippen LogP contribution in [0.15, 0.2) is 0 Å². The molecule has 0 saturated carbocycles. The molecule has 3 atom stereocenters. The van der Waals surface area contributed by atoms with Gasteiger partial charge in [0.1, 0.15) is 12.1 Å². The summed E-state index contributed by atoms with van der Waals surface area (Å²) in [5.74, 6) is -1.29. The fourth-order valence-electron chi connectivity index (χ4n) is 1.70. The van der Waals surface area contributed by atoms with Gasteiger partial charge in [0, 0.05) is 12.5 Å². The highest BCUT2D eigenvalue weighted by molar-refractivity contribution is 5.88. The molecule has 0 aromatic rings. The molecule has 0 aromatic carbocycles. The Labute approximate surface area is 100 Å². The van der Waals surface area contributed by atoms with Crippen LogP contribution in [0.5, 0.6) is 0 Å². The highest BCUT2D eigenvalue weighted by atomic mass is 16.5. The van der Waals surface area contributed by atoms with Crippen molar-refractivity contribution in [1.29, 1.82) is 5.26 Å². The van der Waals surface area contributed by atoms with Crippen LogP contribution in [0, 0.1) is 17.2 Å². The van der Waals surface area contributed by atoms with Gasteiger partial charge in [0.05, 0.1) is 6.07 Å². The highest BCUT2D eigenvalue weighted by Gasteiger charge is 2.28. The van der Waals surface area contributed by atoms with Crippen molar-refractivity contribution < 1.29 is 14.3 Å². The average Bonchev–Trinajstić information content (AvgIpc) is 2.81. The van der Waals surface area contributed by atoms with Gasteiger partial charge in [0.25, 0.3) is 0 Å². The standard InChI is InChI=1S/C11H17N3O3/c1-7(6-12)5-8(10(13)15)14-11(16)9-3-2-4-17-9/h7-9H,2-5H2,1H3,(H2,13,15)(H,14,16)/t7-,8-,9-/m1/s1. The van der Waals surface area contributed by atoms with E-state index in [1.807, 2.05) is 6.07 Å². The molecule has 0 spiro atoms. The van der Waals surface area contributed by atoms with E-state index in [0.717, 1.165) is 6.42 Å². The molecule has 0 aliphatic carbocycles. The normalized spacial score (nSPS) is 22.5. The average molecular weight is 239 g/mol. The zero-order chi connectivity index (χ0) is 12.8. The summed E-state index contributed by atoms with van der Waals surface area (Å²) in [6, 6.07) is 1.20. The Morgan fingerprint density at radius 3 is 2.82 bits per heavy atom. The second-order valence-electron chi connectivity index (χ2n) is 4.23. The summed E-state index contributed by atoms with van der Waals surface area (Å²) in [6.07, 6.45) is 1.23. The summed E-state index contributed by atoms with van der Waals surface area (Å²) < 4.78 is 5.20. The van der Waals surface area contributed by atoms with E-state index in [9.17, 15) is 9.59 Å². The number of nitrogens with zero attached hydrogens (tertiary/aromatic N) is 1. The Morgan fingerprint density at radius 2 is 2.35 bits per heavy atom. The first-order valence-electron chi connectivity index (χ1n) is 5.65. The number of carbonyl (C=O) groups is 2. The first kappa shape index (κ1) is 13.5. The number of rotatable bonds is 5. The number of primary amides is 1. The van der Waals surface area contributed by atoms with Crippen LogP contribution in [0.4, 0.5) is 0 Å². The van der Waals surface area contributed by atoms with Crippen molar-refractivity contribution in [3.05, 3.63) is 0 Å². The molecule has 6 heteroatoms. The van der Waals surface area contributed by atoms with Crippen molar-refractivity contribution in [3.8, 4) is 6.07 Å². The third-order valence-electron chi connectivity index (χ3n) is 2.69. The van der Waals surface area contributed by atoms with Gasteiger partial charge in [-0.1, -0.05) is 0 Å². The molecule has 1 saturated heterocycles. The number of nitrogens with one attached hydrogen (secondary N) is 1. The van der Waals surface area contributed by atoms with E-state index in [-0.39, 0.29) is 18.2 Å². The third-order valence-corrected chi connectivity index (χ3v) is 2.69. The molecule has 1 aliphatic rings. The van der Waals surface area contributed by atoms with E-state index in [1.165, 1.54) is 0 Å². The van der Waals surface area contributed by atoms with Gasteiger partial charge in [0.15, 0.2) is 0 Å². The monoisotopic (exact) mass is 239 g/mol. The summed E-state index contributed by atoms with van der Waals surface area (Å²) in [6.45, 7) is 2.24. The van der Waals surface area contributed by atoms with Crippen molar-refractivity contribution in [3.63, 3.8) is 0 Å². The fraction of sp³-hybridized carbons (Fsp3) is 0.727. The van der Waals surface area contributed by atoms with Gasteiger partial charge >= 0.3 is 0 Å². The smallest absolute Gasteiger partial charge is 0.249 e. The predicted octanol–water partition coefficient (Wildman–Crippen LogP) is -0.315. The maximum absolute atomic E-state index is 11.7. The van der Waals surface area contributed by atoms with Crippen molar-refractivity contribution in [1.82, 2.24) is 5.32 Å². The van der Waals surface area contributed by atoms with Crippen molar-refractivity contribution >= 4 is 11.8 Å². The molecule has 17 heavy (non-hydrogen) atoms. The Hall–Kier alpha value is -1.61. The maximum Gasteiger partial charge on any atom is 0.249 e. The van der Waals surface area contributed by atoms with Crippen molar-refractivity contribution in [2.24, 2.45) is 11.7 Å². The van der Waals surface area contributed by atoms with Gasteiger partial charge in [-0.05, 0) is 26.2 Å². The van der Waals surface area contributed by atoms with Crippen molar-refractivity contribution in [2.75, 3.05) is 6.61 Å². The predicted molar refractivity (Wildman–Crippen MR) is 59.5 cm³/mol. The first-order valence-corrected chi connectivity index (χ1v) is 5.65. The van der Waals surface area contributed by atoms with Crippen LogP contribution in [0.25, 0.3) is 0 Å². The zero-order valence-electron chi connectivity index (χ0n) is 9.81. The molecule has 2 amide bonds. The molecular weight excluding hydrogens is 222 g/mol. The minimum absolute atomic E-state index is 0.226. The zero-order valence-corrected chi connectivity index (χ0v) is 9.81. The molecule has 6 nitrogen and oxygen atoms in total. The molecule has 0 radical (unpaired) electrons. The molecule has 1 fully saturated rings. The van der Waals surface area contributed by atoms with Gasteiger partial charge in [-0.2, -0.15) is 5.26 Å². The van der Waals surface area contributed by atoms with Crippen LogP contribution >= 0.6 is 0 Å². The number of ether oxygens (including phenoxy) is 1. The number of hydrogen-bond acceptors (Lipinski definition) is 4. The number of carbonyl (C=O) groups excluding carboxylic acids is 2. The van der Waals surface area contributed by atoms with E-state index >= 15 is 0 Å². The van der Waals surface area contributed by atoms with Gasteiger partial charge in [-0.25, -0.2) is 0 Å².